The van der Waals surface area contributed by atoms with E-state index in [1.165, 1.54) is 25.7 Å². The first kappa shape index (κ1) is 11.1. The second kappa shape index (κ2) is 5.66. The number of nitrogens with zero attached hydrogens (tertiary/aromatic N) is 2. The van der Waals surface area contributed by atoms with Crippen LogP contribution in [-0.2, 0) is 6.54 Å². The van der Waals surface area contributed by atoms with Crippen molar-refractivity contribution < 1.29 is 0 Å². The summed E-state index contributed by atoms with van der Waals surface area (Å²) < 4.78 is 2.15. The van der Waals surface area contributed by atoms with Gasteiger partial charge in [0.05, 0.1) is 11.7 Å². The van der Waals surface area contributed by atoms with Gasteiger partial charge < -0.3 is 5.32 Å². The SMILES string of the molecule is BrCCNCc1ccn(C2CCCC2)n1. The van der Waals surface area contributed by atoms with Crippen molar-refractivity contribution in [3.8, 4) is 0 Å². The predicted molar refractivity (Wildman–Crippen MR) is 65.2 cm³/mol. The fourth-order valence-electron chi connectivity index (χ4n) is 2.13. The van der Waals surface area contributed by atoms with E-state index < -0.39 is 0 Å². The predicted octanol–water partition coefficient (Wildman–Crippen LogP) is 2.48. The molecule has 0 bridgehead atoms. The maximum absolute atomic E-state index is 4.60. The van der Waals surface area contributed by atoms with Crippen molar-refractivity contribution in [2.45, 2.75) is 38.3 Å². The van der Waals surface area contributed by atoms with Gasteiger partial charge in [0, 0.05) is 24.6 Å². The highest BCUT2D eigenvalue weighted by atomic mass is 79.9. The molecule has 0 unspecified atom stereocenters. The summed E-state index contributed by atoms with van der Waals surface area (Å²) >= 11 is 3.39. The number of nitrogens with one attached hydrogen (secondary N) is 1. The van der Waals surface area contributed by atoms with E-state index in [-0.39, 0.29) is 0 Å². The van der Waals surface area contributed by atoms with Crippen molar-refractivity contribution in [3.63, 3.8) is 0 Å². The third-order valence-electron chi connectivity index (χ3n) is 2.94. The van der Waals surface area contributed by atoms with Crippen molar-refractivity contribution in [3.05, 3.63) is 18.0 Å². The van der Waals surface area contributed by atoms with E-state index in [0.717, 1.165) is 24.1 Å². The molecule has 1 aromatic rings. The number of aromatic nitrogens is 2. The zero-order chi connectivity index (χ0) is 10.5. The van der Waals surface area contributed by atoms with Crippen LogP contribution in [0.15, 0.2) is 12.3 Å². The molecule has 0 atom stereocenters. The number of hydrogen-bond donors (Lipinski definition) is 1. The van der Waals surface area contributed by atoms with Gasteiger partial charge >= 0.3 is 0 Å². The topological polar surface area (TPSA) is 29.9 Å². The Morgan fingerprint density at radius 2 is 2.27 bits per heavy atom. The molecule has 0 spiro atoms. The zero-order valence-electron chi connectivity index (χ0n) is 8.95. The second-order valence-electron chi connectivity index (χ2n) is 4.09. The van der Waals surface area contributed by atoms with Gasteiger partial charge in [-0.25, -0.2) is 0 Å². The van der Waals surface area contributed by atoms with Crippen molar-refractivity contribution >= 4 is 15.9 Å². The fourth-order valence-corrected chi connectivity index (χ4v) is 2.41. The molecule has 0 saturated heterocycles. The zero-order valence-corrected chi connectivity index (χ0v) is 10.5. The molecular formula is C11H18BrN3. The quantitative estimate of drug-likeness (QED) is 0.659. The summed E-state index contributed by atoms with van der Waals surface area (Å²) in [7, 11) is 0. The minimum absolute atomic E-state index is 0.662. The monoisotopic (exact) mass is 271 g/mol. The first-order valence-electron chi connectivity index (χ1n) is 5.71. The van der Waals surface area contributed by atoms with E-state index in [0.29, 0.717) is 6.04 Å². The van der Waals surface area contributed by atoms with Crippen LogP contribution in [0.5, 0.6) is 0 Å². The summed E-state index contributed by atoms with van der Waals surface area (Å²) in [5.41, 5.74) is 1.16. The van der Waals surface area contributed by atoms with Gasteiger partial charge in [0.15, 0.2) is 0 Å². The van der Waals surface area contributed by atoms with Crippen LogP contribution in [0.4, 0.5) is 0 Å². The van der Waals surface area contributed by atoms with E-state index in [9.17, 15) is 0 Å². The molecular weight excluding hydrogens is 254 g/mol. The number of alkyl halides is 1. The number of halogens is 1. The van der Waals surface area contributed by atoms with Gasteiger partial charge in [0.25, 0.3) is 0 Å². The Hall–Kier alpha value is -0.350. The van der Waals surface area contributed by atoms with Crippen LogP contribution in [0.1, 0.15) is 37.4 Å². The Labute approximate surface area is 99.4 Å². The van der Waals surface area contributed by atoms with Gasteiger partial charge in [-0.3, -0.25) is 4.68 Å². The average molecular weight is 272 g/mol. The summed E-state index contributed by atoms with van der Waals surface area (Å²) in [5.74, 6) is 0. The van der Waals surface area contributed by atoms with Crippen molar-refractivity contribution in [1.29, 1.82) is 0 Å². The van der Waals surface area contributed by atoms with E-state index in [1.807, 2.05) is 0 Å². The summed E-state index contributed by atoms with van der Waals surface area (Å²) in [6, 6.07) is 2.79. The minimum Gasteiger partial charge on any atom is -0.310 e. The van der Waals surface area contributed by atoms with E-state index in [1.54, 1.807) is 0 Å². The lowest BCUT2D eigenvalue weighted by atomic mass is 10.3. The summed E-state index contributed by atoms with van der Waals surface area (Å²) in [5, 5.41) is 8.93. The molecule has 0 amide bonds. The highest BCUT2D eigenvalue weighted by Crippen LogP contribution is 2.28. The Kier molecular flexibility index (Phi) is 4.20. The molecule has 2 rings (SSSR count). The molecule has 1 aromatic heterocycles. The molecule has 0 aromatic carbocycles. The molecule has 0 radical (unpaired) electrons. The molecule has 1 aliphatic carbocycles. The normalized spacial score (nSPS) is 17.4. The Morgan fingerprint density at radius 3 is 3.00 bits per heavy atom. The molecule has 4 heteroatoms. The van der Waals surface area contributed by atoms with Crippen LogP contribution in [0, 0.1) is 0 Å². The first-order valence-corrected chi connectivity index (χ1v) is 6.83. The third kappa shape index (κ3) is 3.05. The highest BCUT2D eigenvalue weighted by Gasteiger charge is 2.17. The van der Waals surface area contributed by atoms with Crippen LogP contribution in [0.3, 0.4) is 0 Å². The summed E-state index contributed by atoms with van der Waals surface area (Å²) in [4.78, 5) is 0. The molecule has 1 fully saturated rings. The molecule has 1 N–H and O–H groups in total. The van der Waals surface area contributed by atoms with Crippen molar-refractivity contribution in [2.75, 3.05) is 11.9 Å². The number of rotatable bonds is 5. The van der Waals surface area contributed by atoms with Gasteiger partial charge in [0.2, 0.25) is 0 Å². The maximum Gasteiger partial charge on any atom is 0.0762 e. The van der Waals surface area contributed by atoms with Crippen LogP contribution in [0.25, 0.3) is 0 Å². The molecule has 15 heavy (non-hydrogen) atoms. The van der Waals surface area contributed by atoms with Gasteiger partial charge in [-0.1, -0.05) is 28.8 Å². The van der Waals surface area contributed by atoms with Crippen LogP contribution in [0.2, 0.25) is 0 Å². The van der Waals surface area contributed by atoms with E-state index in [2.05, 4.69) is 43.3 Å². The highest BCUT2D eigenvalue weighted by molar-refractivity contribution is 9.09. The van der Waals surface area contributed by atoms with Gasteiger partial charge in [-0.15, -0.1) is 0 Å². The number of hydrogen-bond acceptors (Lipinski definition) is 2. The summed E-state index contributed by atoms with van der Waals surface area (Å²) in [6.07, 6.45) is 7.45. The molecule has 0 aliphatic heterocycles. The fraction of sp³-hybridized carbons (Fsp3) is 0.727. The van der Waals surface area contributed by atoms with Gasteiger partial charge in [-0.2, -0.15) is 5.10 Å². The van der Waals surface area contributed by atoms with Crippen molar-refractivity contribution in [2.24, 2.45) is 0 Å². The lowest BCUT2D eigenvalue weighted by Gasteiger charge is -2.08. The minimum atomic E-state index is 0.662. The Morgan fingerprint density at radius 1 is 1.47 bits per heavy atom. The van der Waals surface area contributed by atoms with Crippen LogP contribution in [-0.4, -0.2) is 21.7 Å². The molecule has 1 heterocycles. The van der Waals surface area contributed by atoms with E-state index >= 15 is 0 Å². The maximum atomic E-state index is 4.60. The largest absolute Gasteiger partial charge is 0.310 e. The smallest absolute Gasteiger partial charge is 0.0762 e. The average Bonchev–Trinajstić information content (AvgIpc) is 2.87. The van der Waals surface area contributed by atoms with Gasteiger partial charge in [-0.05, 0) is 18.9 Å². The summed E-state index contributed by atoms with van der Waals surface area (Å²) in [6.45, 7) is 1.88. The Balaban J connectivity index is 1.86. The van der Waals surface area contributed by atoms with Crippen LogP contribution < -0.4 is 5.32 Å². The Bertz CT molecular complexity index is 292. The lowest BCUT2D eigenvalue weighted by Crippen LogP contribution is -2.16. The van der Waals surface area contributed by atoms with Crippen LogP contribution >= 0.6 is 15.9 Å². The first-order chi connectivity index (χ1) is 7.40. The lowest BCUT2D eigenvalue weighted by molar-refractivity contribution is 0.461. The second-order valence-corrected chi connectivity index (χ2v) is 4.88. The van der Waals surface area contributed by atoms with Crippen molar-refractivity contribution in [1.82, 2.24) is 15.1 Å². The molecule has 1 aliphatic rings. The van der Waals surface area contributed by atoms with Gasteiger partial charge in [0.1, 0.15) is 0 Å². The molecule has 1 saturated carbocycles. The molecule has 3 nitrogen and oxygen atoms in total. The molecule has 84 valence electrons. The third-order valence-corrected chi connectivity index (χ3v) is 3.34. The van der Waals surface area contributed by atoms with E-state index in [4.69, 9.17) is 0 Å². The standard InChI is InChI=1S/C11H18BrN3/c12-6-7-13-9-10-5-8-15(14-10)11-3-1-2-4-11/h5,8,11,13H,1-4,6-7,9H2.